The lowest BCUT2D eigenvalue weighted by molar-refractivity contribution is -0.384. The maximum absolute atomic E-state index is 10.9. The molecule has 0 bridgehead atoms. The highest BCUT2D eigenvalue weighted by atomic mass is 16.6. The van der Waals surface area contributed by atoms with Gasteiger partial charge in [0.2, 0.25) is 5.82 Å². The van der Waals surface area contributed by atoms with Crippen LogP contribution in [0.2, 0.25) is 0 Å². The molecule has 0 radical (unpaired) electrons. The first kappa shape index (κ1) is 12.9. The van der Waals surface area contributed by atoms with Gasteiger partial charge >= 0.3 is 5.69 Å². The molecule has 0 fully saturated rings. The standard InChI is InChI=1S/C12H14N4O3/c1-7-3-5-10(19-7)8(2)14-12-9(16(17)18)4-6-11(13)15-12/h3-6,8H,1-2H3,(H3,13,14,15). The number of aromatic nitrogens is 1. The Labute approximate surface area is 109 Å². The van der Waals surface area contributed by atoms with Gasteiger partial charge in [-0.25, -0.2) is 4.98 Å². The fraction of sp³-hybridized carbons (Fsp3) is 0.250. The van der Waals surface area contributed by atoms with Gasteiger partial charge in [-0.3, -0.25) is 10.1 Å². The Morgan fingerprint density at radius 1 is 1.42 bits per heavy atom. The number of nitrogens with zero attached hydrogens (tertiary/aromatic N) is 2. The van der Waals surface area contributed by atoms with Crippen molar-refractivity contribution in [3.63, 3.8) is 0 Å². The van der Waals surface area contributed by atoms with E-state index in [-0.39, 0.29) is 23.4 Å². The van der Waals surface area contributed by atoms with Crippen LogP contribution in [0.3, 0.4) is 0 Å². The van der Waals surface area contributed by atoms with Crippen molar-refractivity contribution < 1.29 is 9.34 Å². The minimum Gasteiger partial charge on any atom is -0.464 e. The Hall–Kier alpha value is -2.57. The average molecular weight is 262 g/mol. The predicted octanol–water partition coefficient (Wildman–Crippen LogP) is 2.65. The Morgan fingerprint density at radius 2 is 2.16 bits per heavy atom. The molecule has 7 heteroatoms. The summed E-state index contributed by atoms with van der Waals surface area (Å²) in [7, 11) is 0. The molecule has 1 atom stereocenters. The van der Waals surface area contributed by atoms with Crippen LogP contribution in [0.4, 0.5) is 17.3 Å². The first-order valence-electron chi connectivity index (χ1n) is 5.71. The first-order chi connectivity index (χ1) is 8.97. The van der Waals surface area contributed by atoms with Crippen molar-refractivity contribution >= 4 is 17.3 Å². The number of hydrogen-bond donors (Lipinski definition) is 2. The summed E-state index contributed by atoms with van der Waals surface area (Å²) >= 11 is 0. The molecule has 0 saturated heterocycles. The maximum Gasteiger partial charge on any atom is 0.311 e. The second-order valence-corrected chi connectivity index (χ2v) is 4.18. The zero-order valence-electron chi connectivity index (χ0n) is 10.6. The monoisotopic (exact) mass is 262 g/mol. The molecular formula is C12H14N4O3. The highest BCUT2D eigenvalue weighted by Gasteiger charge is 2.19. The number of hydrogen-bond acceptors (Lipinski definition) is 6. The van der Waals surface area contributed by atoms with Gasteiger partial charge in [0.25, 0.3) is 0 Å². The molecule has 0 aliphatic rings. The number of nitro groups is 1. The molecule has 2 rings (SSSR count). The van der Waals surface area contributed by atoms with Crippen LogP contribution < -0.4 is 11.1 Å². The first-order valence-corrected chi connectivity index (χ1v) is 5.71. The molecule has 7 nitrogen and oxygen atoms in total. The number of rotatable bonds is 4. The van der Waals surface area contributed by atoms with E-state index in [1.54, 1.807) is 0 Å². The van der Waals surface area contributed by atoms with E-state index in [1.165, 1.54) is 12.1 Å². The number of nitrogen functional groups attached to an aromatic ring is 1. The smallest absolute Gasteiger partial charge is 0.311 e. The van der Waals surface area contributed by atoms with Crippen LogP contribution in [0.1, 0.15) is 24.5 Å². The topological polar surface area (TPSA) is 107 Å². The largest absolute Gasteiger partial charge is 0.464 e. The van der Waals surface area contributed by atoms with Crippen LogP contribution in [0.15, 0.2) is 28.7 Å². The zero-order valence-corrected chi connectivity index (χ0v) is 10.6. The molecule has 0 aliphatic carbocycles. The van der Waals surface area contributed by atoms with Gasteiger partial charge in [-0.15, -0.1) is 0 Å². The van der Waals surface area contributed by atoms with Crippen molar-refractivity contribution in [2.24, 2.45) is 0 Å². The fourth-order valence-electron chi connectivity index (χ4n) is 1.68. The molecule has 100 valence electrons. The van der Waals surface area contributed by atoms with Crippen LogP contribution in [-0.4, -0.2) is 9.91 Å². The molecule has 1 unspecified atom stereocenters. The van der Waals surface area contributed by atoms with Crippen LogP contribution in [0.25, 0.3) is 0 Å². The van der Waals surface area contributed by atoms with Crippen LogP contribution in [0, 0.1) is 17.0 Å². The van der Waals surface area contributed by atoms with Gasteiger partial charge in [0.1, 0.15) is 17.3 Å². The Balaban J connectivity index is 2.27. The third kappa shape index (κ3) is 2.82. The maximum atomic E-state index is 10.9. The van der Waals surface area contributed by atoms with Gasteiger partial charge in [0.05, 0.1) is 11.0 Å². The van der Waals surface area contributed by atoms with E-state index in [1.807, 2.05) is 26.0 Å². The van der Waals surface area contributed by atoms with Crippen molar-refractivity contribution in [2.75, 3.05) is 11.1 Å². The summed E-state index contributed by atoms with van der Waals surface area (Å²) in [5.41, 5.74) is 5.43. The van der Waals surface area contributed by atoms with Crippen LogP contribution in [-0.2, 0) is 0 Å². The molecule has 0 aromatic carbocycles. The summed E-state index contributed by atoms with van der Waals surface area (Å²) < 4.78 is 5.46. The van der Waals surface area contributed by atoms with E-state index in [9.17, 15) is 10.1 Å². The summed E-state index contributed by atoms with van der Waals surface area (Å²) in [4.78, 5) is 14.4. The Kier molecular flexibility index (Phi) is 3.37. The van der Waals surface area contributed by atoms with Crippen molar-refractivity contribution in [3.8, 4) is 0 Å². The summed E-state index contributed by atoms with van der Waals surface area (Å²) in [5, 5.41) is 13.9. The molecule has 2 aromatic rings. The van der Waals surface area contributed by atoms with Gasteiger partial charge in [0, 0.05) is 6.07 Å². The van der Waals surface area contributed by atoms with Crippen LogP contribution in [0.5, 0.6) is 0 Å². The average Bonchev–Trinajstić information content (AvgIpc) is 2.75. The summed E-state index contributed by atoms with van der Waals surface area (Å²) in [6.07, 6.45) is 0. The van der Waals surface area contributed by atoms with Gasteiger partial charge < -0.3 is 15.5 Å². The van der Waals surface area contributed by atoms with Crippen molar-refractivity contribution in [2.45, 2.75) is 19.9 Å². The lowest BCUT2D eigenvalue weighted by Crippen LogP contribution is -2.10. The van der Waals surface area contributed by atoms with Gasteiger partial charge in [0.15, 0.2) is 0 Å². The van der Waals surface area contributed by atoms with Crippen molar-refractivity contribution in [1.29, 1.82) is 0 Å². The van der Waals surface area contributed by atoms with Crippen molar-refractivity contribution in [3.05, 3.63) is 45.9 Å². The number of nitrogens with two attached hydrogens (primary N) is 1. The lowest BCUT2D eigenvalue weighted by Gasteiger charge is -2.12. The van der Waals surface area contributed by atoms with E-state index in [0.29, 0.717) is 5.76 Å². The van der Waals surface area contributed by atoms with Gasteiger partial charge in [-0.1, -0.05) is 0 Å². The number of nitrogens with one attached hydrogen (secondary N) is 1. The highest BCUT2D eigenvalue weighted by molar-refractivity contribution is 5.59. The number of anilines is 2. The molecule has 0 spiro atoms. The molecule has 3 N–H and O–H groups in total. The SMILES string of the molecule is Cc1ccc(C(C)Nc2nc(N)ccc2[N+](=O)[O-])o1. The van der Waals surface area contributed by atoms with Crippen molar-refractivity contribution in [1.82, 2.24) is 4.98 Å². The van der Waals surface area contributed by atoms with Gasteiger partial charge in [-0.2, -0.15) is 0 Å². The zero-order chi connectivity index (χ0) is 14.0. The number of pyridine rings is 1. The van der Waals surface area contributed by atoms with Crippen LogP contribution >= 0.6 is 0 Å². The van der Waals surface area contributed by atoms with Gasteiger partial charge in [-0.05, 0) is 32.0 Å². The quantitative estimate of drug-likeness (QED) is 0.647. The molecular weight excluding hydrogens is 248 g/mol. The Morgan fingerprint density at radius 3 is 2.74 bits per heavy atom. The normalized spacial score (nSPS) is 12.1. The molecule has 0 saturated carbocycles. The number of furan rings is 1. The molecule has 2 heterocycles. The minimum absolute atomic E-state index is 0.121. The predicted molar refractivity (Wildman–Crippen MR) is 70.8 cm³/mol. The molecule has 19 heavy (non-hydrogen) atoms. The Bertz CT molecular complexity index is 609. The highest BCUT2D eigenvalue weighted by Crippen LogP contribution is 2.27. The summed E-state index contributed by atoms with van der Waals surface area (Å²) in [5.74, 6) is 1.80. The van der Waals surface area contributed by atoms with E-state index in [4.69, 9.17) is 10.2 Å². The third-order valence-electron chi connectivity index (χ3n) is 2.63. The number of aryl methyl sites for hydroxylation is 1. The van der Waals surface area contributed by atoms with E-state index in [2.05, 4.69) is 10.3 Å². The summed E-state index contributed by atoms with van der Waals surface area (Å²) in [6, 6.07) is 6.11. The fourth-order valence-corrected chi connectivity index (χ4v) is 1.68. The van der Waals surface area contributed by atoms with E-state index >= 15 is 0 Å². The lowest BCUT2D eigenvalue weighted by atomic mass is 10.2. The summed E-state index contributed by atoms with van der Waals surface area (Å²) in [6.45, 7) is 3.66. The third-order valence-corrected chi connectivity index (χ3v) is 2.63. The molecule has 0 aliphatic heterocycles. The van der Waals surface area contributed by atoms with E-state index in [0.717, 1.165) is 5.76 Å². The van der Waals surface area contributed by atoms with E-state index < -0.39 is 4.92 Å². The second kappa shape index (κ2) is 4.97. The molecule has 0 amide bonds. The molecule has 2 aromatic heterocycles. The second-order valence-electron chi connectivity index (χ2n) is 4.18. The minimum atomic E-state index is -0.505.